The van der Waals surface area contributed by atoms with Crippen molar-refractivity contribution in [2.75, 3.05) is 31.3 Å². The van der Waals surface area contributed by atoms with E-state index in [1.807, 2.05) is 34.7 Å². The molecule has 1 atom stereocenters. The highest BCUT2D eigenvalue weighted by Gasteiger charge is 2.47. The Morgan fingerprint density at radius 3 is 3.04 bits per heavy atom. The molecular formula is C18H19N3O3S. The number of rotatable bonds is 3. The summed E-state index contributed by atoms with van der Waals surface area (Å²) in [5, 5.41) is 3.16. The van der Waals surface area contributed by atoms with Crippen molar-refractivity contribution in [2.45, 2.75) is 19.4 Å². The molecule has 0 N–H and O–H groups in total. The fraction of sp³-hybridized carbons (Fsp3) is 0.444. The highest BCUT2D eigenvalue weighted by atomic mass is 32.1. The Balaban J connectivity index is 1.32. The summed E-state index contributed by atoms with van der Waals surface area (Å²) in [5.41, 5.74) is 0.967. The lowest BCUT2D eigenvalue weighted by molar-refractivity contribution is -0.117. The van der Waals surface area contributed by atoms with E-state index >= 15 is 0 Å². The van der Waals surface area contributed by atoms with E-state index in [9.17, 15) is 4.79 Å². The molecule has 1 amide bonds. The van der Waals surface area contributed by atoms with Crippen molar-refractivity contribution in [3.05, 3.63) is 34.8 Å². The van der Waals surface area contributed by atoms with Crippen LogP contribution in [-0.2, 0) is 11.3 Å². The predicted octanol–water partition coefficient (Wildman–Crippen LogP) is 2.50. The van der Waals surface area contributed by atoms with E-state index in [1.54, 1.807) is 11.3 Å². The zero-order valence-corrected chi connectivity index (χ0v) is 14.6. The Hall–Kier alpha value is -2.12. The molecule has 0 bridgehead atoms. The molecule has 1 spiro atoms. The summed E-state index contributed by atoms with van der Waals surface area (Å²) in [4.78, 5) is 21.4. The van der Waals surface area contributed by atoms with Crippen LogP contribution >= 0.6 is 11.3 Å². The van der Waals surface area contributed by atoms with Crippen molar-refractivity contribution >= 4 is 22.9 Å². The number of carbonyl (C=O) groups excluding carboxylic acids is 1. The van der Waals surface area contributed by atoms with Crippen molar-refractivity contribution in [2.24, 2.45) is 5.41 Å². The topological polar surface area (TPSA) is 54.9 Å². The van der Waals surface area contributed by atoms with Crippen LogP contribution in [0, 0.1) is 5.41 Å². The number of aromatic nitrogens is 1. The van der Waals surface area contributed by atoms with Crippen molar-refractivity contribution in [3.8, 4) is 11.5 Å². The molecule has 7 heteroatoms. The first kappa shape index (κ1) is 15.2. The Bertz CT molecular complexity index is 810. The molecule has 3 aliphatic heterocycles. The first-order chi connectivity index (χ1) is 12.2. The molecule has 0 saturated carbocycles. The van der Waals surface area contributed by atoms with E-state index < -0.39 is 0 Å². The SMILES string of the molecule is O=C1CC2(CCN(Cc3nccs3)C2)CN1c1ccc2c(c1)OCO2. The molecule has 0 radical (unpaired) electrons. The number of hydrogen-bond donors (Lipinski definition) is 0. The summed E-state index contributed by atoms with van der Waals surface area (Å²) in [7, 11) is 0. The minimum Gasteiger partial charge on any atom is -0.454 e. The van der Waals surface area contributed by atoms with E-state index in [0.717, 1.165) is 54.8 Å². The predicted molar refractivity (Wildman–Crippen MR) is 94.0 cm³/mol. The second kappa shape index (κ2) is 5.71. The van der Waals surface area contributed by atoms with Gasteiger partial charge in [-0.05, 0) is 25.1 Å². The largest absolute Gasteiger partial charge is 0.454 e. The fourth-order valence-electron chi connectivity index (χ4n) is 4.14. The number of fused-ring (bicyclic) bond motifs is 1. The third-order valence-electron chi connectivity index (χ3n) is 5.35. The maximum absolute atomic E-state index is 12.7. The Morgan fingerprint density at radius 1 is 1.24 bits per heavy atom. The fourth-order valence-corrected chi connectivity index (χ4v) is 4.80. The molecule has 1 aromatic carbocycles. The maximum Gasteiger partial charge on any atom is 0.231 e. The number of benzene rings is 1. The van der Waals surface area contributed by atoms with Crippen LogP contribution in [-0.4, -0.2) is 42.2 Å². The lowest BCUT2D eigenvalue weighted by Gasteiger charge is -2.24. The number of anilines is 1. The van der Waals surface area contributed by atoms with Crippen LogP contribution in [0.1, 0.15) is 17.8 Å². The Labute approximate surface area is 150 Å². The van der Waals surface area contributed by atoms with Gasteiger partial charge in [-0.3, -0.25) is 9.69 Å². The minimum absolute atomic E-state index is 0.0602. The number of carbonyl (C=O) groups is 1. The van der Waals surface area contributed by atoms with Gasteiger partial charge in [0.25, 0.3) is 0 Å². The molecule has 1 unspecified atom stereocenters. The summed E-state index contributed by atoms with van der Waals surface area (Å²) in [6, 6.07) is 5.76. The number of amides is 1. The number of likely N-dealkylation sites (tertiary alicyclic amines) is 1. The molecule has 6 nitrogen and oxygen atoms in total. The Kier molecular flexibility index (Phi) is 3.46. The van der Waals surface area contributed by atoms with Crippen LogP contribution in [0.5, 0.6) is 11.5 Å². The molecule has 2 saturated heterocycles. The van der Waals surface area contributed by atoms with Crippen molar-refractivity contribution in [1.82, 2.24) is 9.88 Å². The van der Waals surface area contributed by atoms with Crippen LogP contribution in [0.2, 0.25) is 0 Å². The molecule has 3 aliphatic rings. The highest BCUT2D eigenvalue weighted by Crippen LogP contribution is 2.44. The lowest BCUT2D eigenvalue weighted by Crippen LogP contribution is -2.31. The molecule has 25 heavy (non-hydrogen) atoms. The van der Waals surface area contributed by atoms with E-state index in [0.29, 0.717) is 6.42 Å². The van der Waals surface area contributed by atoms with Gasteiger partial charge < -0.3 is 14.4 Å². The molecular weight excluding hydrogens is 338 g/mol. The van der Waals surface area contributed by atoms with Gasteiger partial charge in [0.15, 0.2) is 11.5 Å². The van der Waals surface area contributed by atoms with E-state index in [-0.39, 0.29) is 18.1 Å². The van der Waals surface area contributed by atoms with Gasteiger partial charge in [-0.1, -0.05) is 0 Å². The quantitative estimate of drug-likeness (QED) is 0.845. The maximum atomic E-state index is 12.7. The van der Waals surface area contributed by atoms with Gasteiger partial charge in [-0.25, -0.2) is 4.98 Å². The van der Waals surface area contributed by atoms with Gasteiger partial charge in [0, 0.05) is 48.3 Å². The summed E-state index contributed by atoms with van der Waals surface area (Å²) in [6.07, 6.45) is 3.54. The first-order valence-electron chi connectivity index (χ1n) is 8.52. The number of ether oxygens (including phenoxy) is 2. The molecule has 5 rings (SSSR count). The lowest BCUT2D eigenvalue weighted by atomic mass is 9.86. The van der Waals surface area contributed by atoms with Crippen molar-refractivity contribution in [1.29, 1.82) is 0 Å². The molecule has 0 aliphatic carbocycles. The van der Waals surface area contributed by atoms with Gasteiger partial charge in [0.1, 0.15) is 5.01 Å². The zero-order valence-electron chi connectivity index (χ0n) is 13.8. The van der Waals surface area contributed by atoms with Gasteiger partial charge in [-0.2, -0.15) is 0 Å². The van der Waals surface area contributed by atoms with Gasteiger partial charge >= 0.3 is 0 Å². The molecule has 1 aromatic heterocycles. The third-order valence-corrected chi connectivity index (χ3v) is 6.11. The monoisotopic (exact) mass is 357 g/mol. The Morgan fingerprint density at radius 2 is 2.16 bits per heavy atom. The van der Waals surface area contributed by atoms with Crippen LogP contribution in [0.25, 0.3) is 0 Å². The third kappa shape index (κ3) is 2.67. The number of thiazole rings is 1. The van der Waals surface area contributed by atoms with Crippen LogP contribution < -0.4 is 14.4 Å². The molecule has 2 aromatic rings. The van der Waals surface area contributed by atoms with E-state index in [4.69, 9.17) is 9.47 Å². The zero-order chi connectivity index (χ0) is 16.9. The summed E-state index contributed by atoms with van der Waals surface area (Å²) < 4.78 is 10.8. The summed E-state index contributed by atoms with van der Waals surface area (Å²) in [5.74, 6) is 1.68. The standard InChI is InChI=1S/C18H19N3O3S/c22-17-8-18(3-5-20(10-18)9-16-19-4-6-25-16)11-21(17)13-1-2-14-15(7-13)24-12-23-14/h1-2,4,6-7H,3,5,8-12H2. The van der Waals surface area contributed by atoms with Crippen LogP contribution in [0.4, 0.5) is 5.69 Å². The summed E-state index contributed by atoms with van der Waals surface area (Å²) in [6.45, 7) is 3.90. The van der Waals surface area contributed by atoms with Crippen LogP contribution in [0.3, 0.4) is 0 Å². The van der Waals surface area contributed by atoms with Gasteiger partial charge in [0.05, 0.1) is 6.54 Å². The summed E-state index contributed by atoms with van der Waals surface area (Å²) >= 11 is 1.69. The van der Waals surface area contributed by atoms with Crippen LogP contribution in [0.15, 0.2) is 29.8 Å². The average Bonchev–Trinajstić information content (AvgIpc) is 3.37. The normalized spacial score (nSPS) is 25.4. The number of hydrogen-bond acceptors (Lipinski definition) is 6. The molecule has 2 fully saturated rings. The van der Waals surface area contributed by atoms with E-state index in [2.05, 4.69) is 9.88 Å². The minimum atomic E-state index is 0.0602. The first-order valence-corrected chi connectivity index (χ1v) is 9.40. The average molecular weight is 357 g/mol. The highest BCUT2D eigenvalue weighted by molar-refractivity contribution is 7.09. The molecule has 4 heterocycles. The molecule has 130 valence electrons. The van der Waals surface area contributed by atoms with Crippen molar-refractivity contribution in [3.63, 3.8) is 0 Å². The second-order valence-corrected chi connectivity index (χ2v) is 8.06. The van der Waals surface area contributed by atoms with Crippen molar-refractivity contribution < 1.29 is 14.3 Å². The van der Waals surface area contributed by atoms with E-state index in [1.165, 1.54) is 0 Å². The van der Waals surface area contributed by atoms with Gasteiger partial charge in [-0.15, -0.1) is 11.3 Å². The number of nitrogens with zero attached hydrogens (tertiary/aromatic N) is 3. The second-order valence-electron chi connectivity index (χ2n) is 7.08. The van der Waals surface area contributed by atoms with Gasteiger partial charge in [0.2, 0.25) is 12.7 Å². The smallest absolute Gasteiger partial charge is 0.231 e.